The summed E-state index contributed by atoms with van der Waals surface area (Å²) in [4.78, 5) is 12.0. The molecule has 0 bridgehead atoms. The average Bonchev–Trinajstić information content (AvgIpc) is 2.32. The molecular weight excluding hydrogens is 302 g/mol. The molecule has 2 aromatic rings. The Hall–Kier alpha value is -1.55. The molecule has 0 heterocycles. The topological polar surface area (TPSA) is 17.1 Å². The van der Waals surface area contributed by atoms with E-state index in [1.807, 2.05) is 0 Å². The minimum Gasteiger partial charge on any atom is -0.294 e. The summed E-state index contributed by atoms with van der Waals surface area (Å²) in [7, 11) is 0. The lowest BCUT2D eigenvalue weighted by Crippen LogP contribution is -2.08. The Morgan fingerprint density at radius 3 is 2.33 bits per heavy atom. The van der Waals surface area contributed by atoms with Gasteiger partial charge >= 0.3 is 0 Å². The Morgan fingerprint density at radius 1 is 1.00 bits per heavy atom. The second kappa shape index (κ2) is 5.40. The van der Waals surface area contributed by atoms with Gasteiger partial charge in [0.1, 0.15) is 11.6 Å². The molecule has 0 saturated carbocycles. The van der Waals surface area contributed by atoms with Crippen molar-refractivity contribution in [1.82, 2.24) is 0 Å². The second-order valence-electron chi connectivity index (χ2n) is 3.79. The van der Waals surface area contributed by atoms with E-state index in [0.29, 0.717) is 4.47 Å². The van der Waals surface area contributed by atoms with E-state index in [-0.39, 0.29) is 17.5 Å². The third-order valence-electron chi connectivity index (χ3n) is 2.55. The van der Waals surface area contributed by atoms with Crippen molar-refractivity contribution in [3.63, 3.8) is 0 Å². The van der Waals surface area contributed by atoms with Crippen LogP contribution in [0.25, 0.3) is 0 Å². The van der Waals surface area contributed by atoms with Gasteiger partial charge in [-0.1, -0.05) is 24.3 Å². The van der Waals surface area contributed by atoms with Crippen molar-refractivity contribution in [2.45, 2.75) is 6.42 Å². The molecule has 0 aliphatic heterocycles. The molecule has 0 N–H and O–H groups in total. The number of rotatable bonds is 3. The van der Waals surface area contributed by atoms with Gasteiger partial charge in [-0.15, -0.1) is 0 Å². The predicted octanol–water partition coefficient (Wildman–Crippen LogP) is 4.15. The zero-order valence-electron chi connectivity index (χ0n) is 9.29. The fourth-order valence-corrected chi connectivity index (χ4v) is 2.23. The van der Waals surface area contributed by atoms with Crippen LogP contribution < -0.4 is 0 Å². The minimum absolute atomic E-state index is 0.0410. The van der Waals surface area contributed by atoms with Crippen LogP contribution in [0.5, 0.6) is 0 Å². The van der Waals surface area contributed by atoms with Gasteiger partial charge in [-0.05, 0) is 39.7 Å². The van der Waals surface area contributed by atoms with E-state index in [9.17, 15) is 13.6 Å². The molecule has 18 heavy (non-hydrogen) atoms. The van der Waals surface area contributed by atoms with Gasteiger partial charge in [-0.25, -0.2) is 8.78 Å². The lowest BCUT2D eigenvalue weighted by atomic mass is 10.0. The van der Waals surface area contributed by atoms with E-state index in [1.165, 1.54) is 24.3 Å². The van der Waals surface area contributed by atoms with Gasteiger partial charge in [-0.3, -0.25) is 4.79 Å². The minimum atomic E-state index is -0.606. The maximum Gasteiger partial charge on any atom is 0.171 e. The van der Waals surface area contributed by atoms with E-state index in [1.54, 1.807) is 18.2 Å². The van der Waals surface area contributed by atoms with Crippen molar-refractivity contribution in [2.75, 3.05) is 0 Å². The van der Waals surface area contributed by atoms with Crippen molar-refractivity contribution in [2.24, 2.45) is 0 Å². The number of carbonyl (C=O) groups excluding carboxylic acids is 1. The summed E-state index contributed by atoms with van der Waals surface area (Å²) in [5, 5.41) is 0. The monoisotopic (exact) mass is 310 g/mol. The van der Waals surface area contributed by atoms with Crippen LogP contribution in [-0.4, -0.2) is 5.78 Å². The number of carbonyl (C=O) groups is 1. The van der Waals surface area contributed by atoms with Crippen LogP contribution in [0, 0.1) is 11.6 Å². The van der Waals surface area contributed by atoms with Gasteiger partial charge < -0.3 is 0 Å². The largest absolute Gasteiger partial charge is 0.294 e. The van der Waals surface area contributed by atoms with Gasteiger partial charge in [-0.2, -0.15) is 0 Å². The molecule has 2 aromatic carbocycles. The van der Waals surface area contributed by atoms with Crippen LogP contribution in [0.1, 0.15) is 15.9 Å². The lowest BCUT2D eigenvalue weighted by Gasteiger charge is -2.06. The summed E-state index contributed by atoms with van der Waals surface area (Å²) in [5.41, 5.74) is 0.221. The first kappa shape index (κ1) is 12.9. The summed E-state index contributed by atoms with van der Waals surface area (Å²) < 4.78 is 27.3. The van der Waals surface area contributed by atoms with E-state index < -0.39 is 17.4 Å². The van der Waals surface area contributed by atoms with Gasteiger partial charge in [0.25, 0.3) is 0 Å². The first-order chi connectivity index (χ1) is 8.59. The number of hydrogen-bond acceptors (Lipinski definition) is 1. The van der Waals surface area contributed by atoms with E-state index >= 15 is 0 Å². The quantitative estimate of drug-likeness (QED) is 0.778. The Bertz CT molecular complexity index is 576. The van der Waals surface area contributed by atoms with Gasteiger partial charge in [0.05, 0.1) is 5.56 Å². The fourth-order valence-electron chi connectivity index (χ4n) is 1.67. The third kappa shape index (κ3) is 2.64. The zero-order chi connectivity index (χ0) is 13.1. The SMILES string of the molecule is O=C(Cc1ccccc1F)c1c(F)cccc1Br. The van der Waals surface area contributed by atoms with Crippen LogP contribution in [0.2, 0.25) is 0 Å². The highest BCUT2D eigenvalue weighted by Crippen LogP contribution is 2.22. The van der Waals surface area contributed by atoms with Crippen LogP contribution in [0.3, 0.4) is 0 Å². The van der Waals surface area contributed by atoms with Crippen LogP contribution in [0.15, 0.2) is 46.9 Å². The van der Waals surface area contributed by atoms with Gasteiger partial charge in [0.2, 0.25) is 0 Å². The molecule has 0 fully saturated rings. The molecule has 0 aliphatic carbocycles. The predicted molar refractivity (Wildman–Crippen MR) is 68.5 cm³/mol. The van der Waals surface area contributed by atoms with Crippen molar-refractivity contribution in [1.29, 1.82) is 0 Å². The summed E-state index contributed by atoms with van der Waals surface area (Å²) in [6, 6.07) is 10.3. The zero-order valence-corrected chi connectivity index (χ0v) is 10.9. The van der Waals surface area contributed by atoms with Crippen molar-refractivity contribution >= 4 is 21.7 Å². The first-order valence-corrected chi connectivity index (χ1v) is 6.09. The highest BCUT2D eigenvalue weighted by molar-refractivity contribution is 9.10. The summed E-state index contributed by atoms with van der Waals surface area (Å²) >= 11 is 3.13. The Balaban J connectivity index is 2.31. The first-order valence-electron chi connectivity index (χ1n) is 5.30. The second-order valence-corrected chi connectivity index (χ2v) is 4.64. The Labute approximate surface area is 112 Å². The molecule has 0 aromatic heterocycles. The number of benzene rings is 2. The number of ketones is 1. The van der Waals surface area contributed by atoms with Gasteiger partial charge in [0.15, 0.2) is 5.78 Å². The number of hydrogen-bond donors (Lipinski definition) is 0. The molecular formula is C14H9BrF2O. The maximum absolute atomic E-state index is 13.6. The molecule has 0 amide bonds. The van der Waals surface area contributed by atoms with Gasteiger partial charge in [0, 0.05) is 10.9 Å². The van der Waals surface area contributed by atoms with Crippen LogP contribution in [0.4, 0.5) is 8.78 Å². The Kier molecular flexibility index (Phi) is 3.87. The molecule has 0 saturated heterocycles. The van der Waals surface area contributed by atoms with E-state index in [4.69, 9.17) is 0 Å². The molecule has 1 nitrogen and oxygen atoms in total. The summed E-state index contributed by atoms with van der Waals surface area (Å²) in [5.74, 6) is -1.52. The summed E-state index contributed by atoms with van der Waals surface area (Å²) in [6.07, 6.45) is -0.161. The normalized spacial score (nSPS) is 10.4. The van der Waals surface area contributed by atoms with E-state index in [2.05, 4.69) is 15.9 Å². The standard InChI is InChI=1S/C14H9BrF2O/c15-10-5-3-7-12(17)14(10)13(18)8-9-4-1-2-6-11(9)16/h1-7H,8H2. The fraction of sp³-hybridized carbons (Fsp3) is 0.0714. The molecule has 0 aliphatic rings. The third-order valence-corrected chi connectivity index (χ3v) is 3.21. The van der Waals surface area contributed by atoms with E-state index in [0.717, 1.165) is 0 Å². The lowest BCUT2D eigenvalue weighted by molar-refractivity contribution is 0.0987. The number of halogens is 3. The Morgan fingerprint density at radius 2 is 1.67 bits per heavy atom. The molecule has 0 radical (unpaired) electrons. The highest BCUT2D eigenvalue weighted by atomic mass is 79.9. The molecule has 0 spiro atoms. The van der Waals surface area contributed by atoms with Crippen LogP contribution in [-0.2, 0) is 6.42 Å². The van der Waals surface area contributed by atoms with Crippen molar-refractivity contribution in [3.05, 3.63) is 69.7 Å². The van der Waals surface area contributed by atoms with Crippen LogP contribution >= 0.6 is 15.9 Å². The molecule has 92 valence electrons. The highest BCUT2D eigenvalue weighted by Gasteiger charge is 2.16. The summed E-state index contributed by atoms with van der Waals surface area (Å²) in [6.45, 7) is 0. The van der Waals surface area contributed by atoms with Crippen molar-refractivity contribution < 1.29 is 13.6 Å². The smallest absolute Gasteiger partial charge is 0.171 e. The molecule has 4 heteroatoms. The average molecular weight is 311 g/mol. The molecule has 0 unspecified atom stereocenters. The maximum atomic E-state index is 13.6. The van der Waals surface area contributed by atoms with Crippen molar-refractivity contribution in [3.8, 4) is 0 Å². The number of Topliss-reactive ketones (excluding diaryl/α,β-unsaturated/α-hetero) is 1. The molecule has 2 rings (SSSR count). The molecule has 0 atom stereocenters.